The van der Waals surface area contributed by atoms with Crippen molar-refractivity contribution in [3.8, 4) is 0 Å². The van der Waals surface area contributed by atoms with Gasteiger partial charge in [-0.3, -0.25) is 0 Å². The van der Waals surface area contributed by atoms with Gasteiger partial charge in [-0.25, -0.2) is 9.18 Å². The van der Waals surface area contributed by atoms with Crippen molar-refractivity contribution in [3.63, 3.8) is 0 Å². The summed E-state index contributed by atoms with van der Waals surface area (Å²) >= 11 is 5.79. The number of rotatable bonds is 2. The van der Waals surface area contributed by atoms with Crippen LogP contribution in [0.4, 0.5) is 4.39 Å². The zero-order chi connectivity index (χ0) is 11.7. The van der Waals surface area contributed by atoms with E-state index in [2.05, 4.69) is 0 Å². The van der Waals surface area contributed by atoms with Gasteiger partial charge in [-0.05, 0) is 12.1 Å². The second-order valence-electron chi connectivity index (χ2n) is 3.20. The van der Waals surface area contributed by atoms with E-state index in [0.717, 1.165) is 6.07 Å². The van der Waals surface area contributed by atoms with Crippen LogP contribution in [0.15, 0.2) is 12.1 Å². The van der Waals surface area contributed by atoms with Gasteiger partial charge in [-0.1, -0.05) is 11.6 Å². The van der Waals surface area contributed by atoms with E-state index in [9.17, 15) is 9.18 Å². The van der Waals surface area contributed by atoms with Gasteiger partial charge in [0.1, 0.15) is 5.82 Å². The van der Waals surface area contributed by atoms with Crippen LogP contribution >= 0.6 is 11.6 Å². The lowest BCUT2D eigenvalue weighted by Crippen LogP contribution is -2.08. The van der Waals surface area contributed by atoms with E-state index >= 15 is 0 Å². The maximum absolute atomic E-state index is 13.8. The third kappa shape index (κ3) is 1.89. The molecule has 86 valence electrons. The molecule has 1 aliphatic rings. The van der Waals surface area contributed by atoms with E-state index in [1.165, 1.54) is 6.07 Å². The molecule has 0 atom stereocenters. The second-order valence-corrected chi connectivity index (χ2v) is 3.61. The lowest BCUT2D eigenvalue weighted by atomic mass is 10.1. The predicted molar refractivity (Wildman–Crippen MR) is 53.0 cm³/mol. The first kappa shape index (κ1) is 11.3. The molecule has 16 heavy (non-hydrogen) atoms. The van der Waals surface area contributed by atoms with Gasteiger partial charge in [0.2, 0.25) is 0 Å². The number of hydrogen-bond donors (Lipinski definition) is 1. The van der Waals surface area contributed by atoms with Crippen molar-refractivity contribution in [2.75, 3.05) is 13.2 Å². The van der Waals surface area contributed by atoms with Crippen LogP contribution < -0.4 is 0 Å². The molecule has 0 aliphatic carbocycles. The minimum atomic E-state index is -1.35. The molecule has 1 fully saturated rings. The minimum absolute atomic E-state index is 0.0564. The third-order valence-corrected chi connectivity index (χ3v) is 2.54. The third-order valence-electron chi connectivity index (χ3n) is 2.21. The molecular formula is C10H8ClFO4. The quantitative estimate of drug-likeness (QED) is 0.869. The van der Waals surface area contributed by atoms with Gasteiger partial charge >= 0.3 is 5.97 Å². The molecule has 1 N–H and O–H groups in total. The van der Waals surface area contributed by atoms with Crippen LogP contribution in [-0.2, 0) is 9.47 Å². The number of carboxylic acids is 1. The summed E-state index contributed by atoms with van der Waals surface area (Å²) in [6.45, 7) is 0.662. The van der Waals surface area contributed by atoms with Crippen molar-refractivity contribution in [3.05, 3.63) is 34.1 Å². The fourth-order valence-corrected chi connectivity index (χ4v) is 1.71. The first-order valence-corrected chi connectivity index (χ1v) is 4.93. The van der Waals surface area contributed by atoms with Gasteiger partial charge in [-0.2, -0.15) is 0 Å². The smallest absolute Gasteiger partial charge is 0.338 e. The maximum atomic E-state index is 13.8. The Morgan fingerprint density at radius 3 is 2.62 bits per heavy atom. The number of carboxylic acid groups (broad SMARTS) is 1. The normalized spacial score (nSPS) is 16.6. The summed E-state index contributed by atoms with van der Waals surface area (Å²) in [6.07, 6.45) is -0.924. The summed E-state index contributed by atoms with van der Waals surface area (Å²) in [4.78, 5) is 10.7. The number of carbonyl (C=O) groups is 1. The molecule has 0 radical (unpaired) electrons. The fourth-order valence-electron chi connectivity index (χ4n) is 1.48. The van der Waals surface area contributed by atoms with E-state index in [1.807, 2.05) is 0 Å². The zero-order valence-electron chi connectivity index (χ0n) is 8.07. The average molecular weight is 247 g/mol. The van der Waals surface area contributed by atoms with Crippen molar-refractivity contribution in [2.24, 2.45) is 0 Å². The Kier molecular flexibility index (Phi) is 3.09. The molecule has 4 nitrogen and oxygen atoms in total. The lowest BCUT2D eigenvalue weighted by Gasteiger charge is -2.13. The second kappa shape index (κ2) is 4.37. The summed E-state index contributed by atoms with van der Waals surface area (Å²) < 4.78 is 24.0. The Balaban J connectivity index is 2.49. The van der Waals surface area contributed by atoms with E-state index in [4.69, 9.17) is 26.2 Å². The van der Waals surface area contributed by atoms with Crippen molar-refractivity contribution in [1.82, 2.24) is 0 Å². The fraction of sp³-hybridized carbons (Fsp3) is 0.300. The Morgan fingerprint density at radius 1 is 1.44 bits per heavy atom. The molecule has 0 aromatic heterocycles. The molecule has 0 saturated carbocycles. The van der Waals surface area contributed by atoms with Crippen LogP contribution in [0.5, 0.6) is 0 Å². The van der Waals surface area contributed by atoms with Crippen LogP contribution in [0.2, 0.25) is 5.02 Å². The van der Waals surface area contributed by atoms with E-state index in [-0.39, 0.29) is 10.6 Å². The van der Waals surface area contributed by atoms with Crippen molar-refractivity contribution >= 4 is 17.6 Å². The molecular weight excluding hydrogens is 239 g/mol. The van der Waals surface area contributed by atoms with Gasteiger partial charge in [0, 0.05) is 0 Å². The van der Waals surface area contributed by atoms with E-state index in [1.54, 1.807) is 0 Å². The van der Waals surface area contributed by atoms with Gasteiger partial charge in [0.15, 0.2) is 6.29 Å². The van der Waals surface area contributed by atoms with Gasteiger partial charge in [0.05, 0.1) is 29.4 Å². The van der Waals surface area contributed by atoms with E-state index < -0.39 is 23.6 Å². The van der Waals surface area contributed by atoms with Gasteiger partial charge in [-0.15, -0.1) is 0 Å². The molecule has 1 heterocycles. The Hall–Kier alpha value is -1.17. The summed E-state index contributed by atoms with van der Waals surface area (Å²) in [6, 6.07) is 2.42. The molecule has 0 spiro atoms. The first-order chi connectivity index (χ1) is 7.61. The summed E-state index contributed by atoms with van der Waals surface area (Å²) in [7, 11) is 0. The van der Waals surface area contributed by atoms with Crippen LogP contribution in [0.3, 0.4) is 0 Å². The monoisotopic (exact) mass is 246 g/mol. The van der Waals surface area contributed by atoms with Gasteiger partial charge in [0.25, 0.3) is 0 Å². The first-order valence-electron chi connectivity index (χ1n) is 4.55. The number of ether oxygens (including phenoxy) is 2. The highest BCUT2D eigenvalue weighted by atomic mass is 35.5. The highest BCUT2D eigenvalue weighted by Crippen LogP contribution is 2.33. The number of hydrogen-bond acceptors (Lipinski definition) is 3. The Morgan fingerprint density at radius 2 is 2.06 bits per heavy atom. The van der Waals surface area contributed by atoms with E-state index in [0.29, 0.717) is 13.2 Å². The van der Waals surface area contributed by atoms with Crippen molar-refractivity contribution < 1.29 is 23.8 Å². The minimum Gasteiger partial charge on any atom is -0.478 e. The molecule has 0 unspecified atom stereocenters. The molecule has 1 aromatic rings. The summed E-state index contributed by atoms with van der Waals surface area (Å²) in [5.41, 5.74) is -0.502. The molecule has 0 bridgehead atoms. The molecule has 1 saturated heterocycles. The van der Waals surface area contributed by atoms with Crippen LogP contribution in [-0.4, -0.2) is 24.3 Å². The molecule has 1 aliphatic heterocycles. The standard InChI is InChI=1S/C10H8ClFO4/c11-6-2-1-5(9(13)14)8(12)7(6)10-15-3-4-16-10/h1-2,10H,3-4H2,(H,13,14). The number of halogens is 2. The van der Waals surface area contributed by atoms with Gasteiger partial charge < -0.3 is 14.6 Å². The topological polar surface area (TPSA) is 55.8 Å². The Bertz CT molecular complexity index is 429. The molecule has 6 heteroatoms. The van der Waals surface area contributed by atoms with Crippen LogP contribution in [0, 0.1) is 5.82 Å². The number of aromatic carboxylic acids is 1. The predicted octanol–water partition coefficient (Wildman–Crippen LogP) is 2.22. The van der Waals surface area contributed by atoms with Crippen LogP contribution in [0.25, 0.3) is 0 Å². The van der Waals surface area contributed by atoms with Crippen LogP contribution in [0.1, 0.15) is 22.2 Å². The SMILES string of the molecule is O=C(O)c1ccc(Cl)c(C2OCCO2)c1F. The lowest BCUT2D eigenvalue weighted by molar-refractivity contribution is -0.0464. The number of benzene rings is 1. The average Bonchev–Trinajstić information content (AvgIpc) is 2.70. The molecule has 1 aromatic carbocycles. The highest BCUT2D eigenvalue weighted by Gasteiger charge is 2.27. The van der Waals surface area contributed by atoms with Crippen molar-refractivity contribution in [2.45, 2.75) is 6.29 Å². The molecule has 2 rings (SSSR count). The zero-order valence-corrected chi connectivity index (χ0v) is 8.83. The van der Waals surface area contributed by atoms with Crippen molar-refractivity contribution in [1.29, 1.82) is 0 Å². The molecule has 0 amide bonds. The summed E-state index contributed by atoms with van der Waals surface area (Å²) in [5.74, 6) is -2.26. The largest absolute Gasteiger partial charge is 0.478 e. The Labute approximate surface area is 95.5 Å². The maximum Gasteiger partial charge on any atom is 0.338 e. The summed E-state index contributed by atoms with van der Waals surface area (Å²) in [5, 5.41) is 8.85. The highest BCUT2D eigenvalue weighted by molar-refractivity contribution is 6.31.